The summed E-state index contributed by atoms with van der Waals surface area (Å²) in [5.74, 6) is -4.54. The monoisotopic (exact) mass is 559 g/mol. The molecule has 2 atom stereocenters. The molecule has 3 rings (SSSR count). The molecule has 0 spiro atoms. The van der Waals surface area contributed by atoms with Gasteiger partial charge in [0.15, 0.2) is 0 Å². The summed E-state index contributed by atoms with van der Waals surface area (Å²) in [5, 5.41) is 12.2. The van der Waals surface area contributed by atoms with Gasteiger partial charge in [-0.3, -0.25) is 4.79 Å². The Bertz CT molecular complexity index is 1130. The first-order valence-corrected chi connectivity index (χ1v) is 10.7. The highest BCUT2D eigenvalue weighted by Gasteiger charge is 2.41. The molecule has 3 aromatic rings. The number of benzene rings is 3. The Labute approximate surface area is 202 Å². The molecule has 0 aliphatic rings. The van der Waals surface area contributed by atoms with E-state index < -0.39 is 36.0 Å². The van der Waals surface area contributed by atoms with Crippen LogP contribution in [0.25, 0.3) is 0 Å². The molecule has 168 valence electrons. The molecule has 1 amide bonds. The summed E-state index contributed by atoms with van der Waals surface area (Å²) >= 11 is 2.09. The molecule has 0 saturated heterocycles. The van der Waals surface area contributed by atoms with E-state index in [4.69, 9.17) is 9.47 Å². The number of carbonyl (C=O) groups is 4. The Hall–Kier alpha value is -3.73. The number of carboxylic acid groups (broad SMARTS) is 1. The molecule has 0 fully saturated rings. The molecule has 0 saturated carbocycles. The molecule has 0 aromatic heterocycles. The SMILES string of the molecule is O=C(O[C@@H](C(=O)O)[C@@H](OC(=O)c1ccccc1)C(=O)Nc1ccc(I)cc1)c1ccccc1. The second kappa shape index (κ2) is 11.2. The number of aliphatic carboxylic acids is 1. The van der Waals surface area contributed by atoms with Crippen molar-refractivity contribution in [3.63, 3.8) is 0 Å². The van der Waals surface area contributed by atoms with Gasteiger partial charge in [-0.2, -0.15) is 0 Å². The average Bonchev–Trinajstić information content (AvgIpc) is 2.83. The van der Waals surface area contributed by atoms with Gasteiger partial charge in [0.2, 0.25) is 12.2 Å². The Kier molecular flexibility index (Phi) is 8.14. The fraction of sp³-hybridized carbons (Fsp3) is 0.0833. The first-order valence-electron chi connectivity index (χ1n) is 9.66. The van der Waals surface area contributed by atoms with Gasteiger partial charge in [0.1, 0.15) is 0 Å². The summed E-state index contributed by atoms with van der Waals surface area (Å²) in [6.45, 7) is 0. The minimum absolute atomic E-state index is 0.0786. The van der Waals surface area contributed by atoms with E-state index in [9.17, 15) is 24.3 Å². The number of anilines is 1. The van der Waals surface area contributed by atoms with Gasteiger partial charge in [-0.1, -0.05) is 36.4 Å². The maximum atomic E-state index is 13.0. The molecule has 0 unspecified atom stereocenters. The molecular formula is C24H18INO7. The van der Waals surface area contributed by atoms with Crippen LogP contribution in [0.2, 0.25) is 0 Å². The lowest BCUT2D eigenvalue weighted by Crippen LogP contribution is -2.48. The summed E-state index contributed by atoms with van der Waals surface area (Å²) in [5.41, 5.74) is 0.526. The molecule has 9 heteroatoms. The van der Waals surface area contributed by atoms with Crippen LogP contribution in [-0.2, 0) is 19.1 Å². The predicted molar refractivity (Wildman–Crippen MR) is 127 cm³/mol. The molecule has 0 aliphatic heterocycles. The van der Waals surface area contributed by atoms with Gasteiger partial charge < -0.3 is 19.9 Å². The standard InChI is InChI=1S/C24H18INO7/c25-17-11-13-18(14-12-17)26-21(27)19(32-23(30)15-7-3-1-4-8-15)20(22(28)29)33-24(31)16-9-5-2-6-10-16/h1-14,19-20H,(H,26,27)(H,28,29)/t19-,20-/m1/s1. The summed E-state index contributed by atoms with van der Waals surface area (Å²) in [4.78, 5) is 50.0. The quantitative estimate of drug-likeness (QED) is 0.319. The van der Waals surface area contributed by atoms with Crippen molar-refractivity contribution >= 4 is 52.1 Å². The summed E-state index contributed by atoms with van der Waals surface area (Å²) in [6.07, 6.45) is -4.05. The number of esters is 2. The number of hydrogen-bond acceptors (Lipinski definition) is 6. The maximum Gasteiger partial charge on any atom is 0.349 e. The molecule has 0 heterocycles. The van der Waals surface area contributed by atoms with Gasteiger partial charge >= 0.3 is 17.9 Å². The Balaban J connectivity index is 1.89. The van der Waals surface area contributed by atoms with Crippen LogP contribution in [0.3, 0.4) is 0 Å². The van der Waals surface area contributed by atoms with E-state index in [2.05, 4.69) is 27.9 Å². The van der Waals surface area contributed by atoms with Gasteiger partial charge in [0, 0.05) is 9.26 Å². The topological polar surface area (TPSA) is 119 Å². The first kappa shape index (κ1) is 23.9. The van der Waals surface area contributed by atoms with E-state index in [0.717, 1.165) is 3.57 Å². The third-order valence-electron chi connectivity index (χ3n) is 4.38. The van der Waals surface area contributed by atoms with Gasteiger partial charge in [-0.15, -0.1) is 0 Å². The van der Waals surface area contributed by atoms with Crippen LogP contribution in [0.5, 0.6) is 0 Å². The van der Waals surface area contributed by atoms with E-state index in [1.165, 1.54) is 24.3 Å². The van der Waals surface area contributed by atoms with Crippen molar-refractivity contribution in [3.05, 3.63) is 99.6 Å². The molecule has 0 aliphatic carbocycles. The third kappa shape index (κ3) is 6.62. The summed E-state index contributed by atoms with van der Waals surface area (Å²) in [6, 6.07) is 22.1. The van der Waals surface area contributed by atoms with Crippen molar-refractivity contribution in [3.8, 4) is 0 Å². The molecule has 0 radical (unpaired) electrons. The van der Waals surface area contributed by atoms with Crippen LogP contribution in [-0.4, -0.2) is 41.1 Å². The van der Waals surface area contributed by atoms with Crippen molar-refractivity contribution < 1.29 is 33.8 Å². The normalized spacial score (nSPS) is 12.2. The number of carboxylic acids is 1. The van der Waals surface area contributed by atoms with Crippen molar-refractivity contribution in [1.29, 1.82) is 0 Å². The minimum Gasteiger partial charge on any atom is -0.478 e. The zero-order chi connectivity index (χ0) is 23.8. The van der Waals surface area contributed by atoms with E-state index in [0.29, 0.717) is 5.69 Å². The predicted octanol–water partition coefficient (Wildman–Crippen LogP) is 3.77. The molecule has 3 aromatic carbocycles. The second-order valence-electron chi connectivity index (χ2n) is 6.72. The minimum atomic E-state index is -2.09. The highest BCUT2D eigenvalue weighted by atomic mass is 127. The Morgan fingerprint density at radius 3 is 1.61 bits per heavy atom. The number of ether oxygens (including phenoxy) is 2. The van der Waals surface area contributed by atoms with Crippen LogP contribution >= 0.6 is 22.6 Å². The number of amides is 1. The smallest absolute Gasteiger partial charge is 0.349 e. The van der Waals surface area contributed by atoms with Crippen LogP contribution in [0.1, 0.15) is 20.7 Å². The van der Waals surface area contributed by atoms with Crippen LogP contribution in [0.15, 0.2) is 84.9 Å². The van der Waals surface area contributed by atoms with E-state index in [1.807, 2.05) is 0 Å². The highest BCUT2D eigenvalue weighted by Crippen LogP contribution is 2.17. The van der Waals surface area contributed by atoms with Crippen molar-refractivity contribution in [2.45, 2.75) is 12.2 Å². The van der Waals surface area contributed by atoms with Gasteiger partial charge in [-0.25, -0.2) is 14.4 Å². The lowest BCUT2D eigenvalue weighted by Gasteiger charge is -2.23. The zero-order valence-corrected chi connectivity index (χ0v) is 19.2. The number of hydrogen-bond donors (Lipinski definition) is 2. The second-order valence-corrected chi connectivity index (χ2v) is 7.96. The zero-order valence-electron chi connectivity index (χ0n) is 17.0. The third-order valence-corrected chi connectivity index (χ3v) is 5.09. The Morgan fingerprint density at radius 1 is 0.697 bits per heavy atom. The van der Waals surface area contributed by atoms with Crippen LogP contribution in [0.4, 0.5) is 5.69 Å². The Morgan fingerprint density at radius 2 is 1.15 bits per heavy atom. The number of nitrogens with one attached hydrogen (secondary N) is 1. The largest absolute Gasteiger partial charge is 0.478 e. The molecule has 8 nitrogen and oxygen atoms in total. The van der Waals surface area contributed by atoms with Gasteiger partial charge in [0.05, 0.1) is 11.1 Å². The van der Waals surface area contributed by atoms with E-state index >= 15 is 0 Å². The average molecular weight is 559 g/mol. The van der Waals surface area contributed by atoms with Crippen molar-refractivity contribution in [1.82, 2.24) is 0 Å². The van der Waals surface area contributed by atoms with Crippen LogP contribution < -0.4 is 5.32 Å². The summed E-state index contributed by atoms with van der Waals surface area (Å²) < 4.78 is 11.3. The lowest BCUT2D eigenvalue weighted by atomic mass is 10.1. The van der Waals surface area contributed by atoms with Crippen molar-refractivity contribution in [2.24, 2.45) is 0 Å². The summed E-state index contributed by atoms with van der Waals surface area (Å²) in [7, 11) is 0. The van der Waals surface area contributed by atoms with Crippen molar-refractivity contribution in [2.75, 3.05) is 5.32 Å². The fourth-order valence-electron chi connectivity index (χ4n) is 2.76. The van der Waals surface area contributed by atoms with E-state index in [-0.39, 0.29) is 11.1 Å². The number of halogens is 1. The van der Waals surface area contributed by atoms with E-state index in [1.54, 1.807) is 60.7 Å². The van der Waals surface area contributed by atoms with Gasteiger partial charge in [0.25, 0.3) is 5.91 Å². The lowest BCUT2D eigenvalue weighted by molar-refractivity contribution is -0.157. The van der Waals surface area contributed by atoms with Gasteiger partial charge in [-0.05, 0) is 71.1 Å². The molecule has 2 N–H and O–H groups in total. The first-order chi connectivity index (χ1) is 15.8. The molecular weight excluding hydrogens is 541 g/mol. The molecule has 33 heavy (non-hydrogen) atoms. The number of carbonyl (C=O) groups excluding carboxylic acids is 3. The molecule has 0 bridgehead atoms. The highest BCUT2D eigenvalue weighted by molar-refractivity contribution is 14.1. The van der Waals surface area contributed by atoms with Crippen LogP contribution in [0, 0.1) is 3.57 Å². The fourth-order valence-corrected chi connectivity index (χ4v) is 3.12. The number of rotatable bonds is 8. The maximum absolute atomic E-state index is 13.0.